The van der Waals surface area contributed by atoms with Gasteiger partial charge in [0.15, 0.2) is 0 Å². The van der Waals surface area contributed by atoms with Crippen molar-refractivity contribution in [3.63, 3.8) is 0 Å². The van der Waals surface area contributed by atoms with E-state index in [1.54, 1.807) is 0 Å². The summed E-state index contributed by atoms with van der Waals surface area (Å²) in [7, 11) is 0. The number of hydrogen-bond donors (Lipinski definition) is 1. The molecule has 0 saturated carbocycles. The number of pyridine rings is 1. The molecular formula is C16H20N2. The van der Waals surface area contributed by atoms with Gasteiger partial charge in [-0.25, -0.2) is 0 Å². The van der Waals surface area contributed by atoms with E-state index in [9.17, 15) is 0 Å². The van der Waals surface area contributed by atoms with E-state index >= 15 is 0 Å². The maximum absolute atomic E-state index is 4.15. The summed E-state index contributed by atoms with van der Waals surface area (Å²) in [5.74, 6) is 0. The number of hydrogen-bond acceptors (Lipinski definition) is 2. The predicted octanol–water partition coefficient (Wildman–Crippen LogP) is 3.28. The molecule has 0 aliphatic rings. The van der Waals surface area contributed by atoms with Gasteiger partial charge in [0.25, 0.3) is 0 Å². The van der Waals surface area contributed by atoms with Crippen molar-refractivity contribution in [1.82, 2.24) is 10.3 Å². The van der Waals surface area contributed by atoms with Crippen LogP contribution < -0.4 is 5.32 Å². The first-order valence-electron chi connectivity index (χ1n) is 6.49. The second-order valence-corrected chi connectivity index (χ2v) is 4.53. The Morgan fingerprint density at radius 1 is 1.17 bits per heavy atom. The zero-order valence-corrected chi connectivity index (χ0v) is 11.1. The van der Waals surface area contributed by atoms with Crippen LogP contribution in [0.5, 0.6) is 0 Å². The highest BCUT2D eigenvalue weighted by Gasteiger charge is 2.11. The lowest BCUT2D eigenvalue weighted by Crippen LogP contribution is -2.23. The van der Waals surface area contributed by atoms with Gasteiger partial charge in [-0.05, 0) is 42.6 Å². The minimum Gasteiger partial charge on any atom is -0.310 e. The molecule has 2 rings (SSSR count). The lowest BCUT2D eigenvalue weighted by molar-refractivity contribution is 0.548. The maximum Gasteiger partial charge on any atom is 0.0360 e. The van der Waals surface area contributed by atoms with Gasteiger partial charge in [-0.1, -0.05) is 37.3 Å². The molecule has 2 aromatic rings. The minimum atomic E-state index is 0.373. The number of aromatic nitrogens is 1. The van der Waals surface area contributed by atoms with Gasteiger partial charge in [0.2, 0.25) is 0 Å². The van der Waals surface area contributed by atoms with E-state index in [-0.39, 0.29) is 0 Å². The van der Waals surface area contributed by atoms with E-state index in [0.717, 1.165) is 13.0 Å². The first-order valence-corrected chi connectivity index (χ1v) is 6.49. The van der Waals surface area contributed by atoms with E-state index in [4.69, 9.17) is 0 Å². The van der Waals surface area contributed by atoms with Gasteiger partial charge in [-0.15, -0.1) is 0 Å². The molecular weight excluding hydrogens is 220 g/mol. The largest absolute Gasteiger partial charge is 0.310 e. The molecule has 0 aliphatic carbocycles. The smallest absolute Gasteiger partial charge is 0.0360 e. The standard InChI is InChI=1S/C16H20N2/c1-3-18-16(14-7-5-4-6-8-14)11-15-9-10-17-12-13(15)2/h4-10,12,16,18H,3,11H2,1-2H3. The number of rotatable bonds is 5. The van der Waals surface area contributed by atoms with Crippen molar-refractivity contribution in [2.24, 2.45) is 0 Å². The molecule has 18 heavy (non-hydrogen) atoms. The molecule has 94 valence electrons. The third-order valence-electron chi connectivity index (χ3n) is 3.21. The molecule has 1 aromatic heterocycles. The molecule has 0 bridgehead atoms. The fourth-order valence-electron chi connectivity index (χ4n) is 2.19. The number of nitrogens with one attached hydrogen (secondary N) is 1. The Labute approximate surface area is 109 Å². The average Bonchev–Trinajstić information content (AvgIpc) is 2.42. The van der Waals surface area contributed by atoms with Gasteiger partial charge in [-0.3, -0.25) is 4.98 Å². The van der Waals surface area contributed by atoms with E-state index in [1.165, 1.54) is 16.7 Å². The second-order valence-electron chi connectivity index (χ2n) is 4.53. The van der Waals surface area contributed by atoms with Crippen LogP contribution in [0.4, 0.5) is 0 Å². The summed E-state index contributed by atoms with van der Waals surface area (Å²) in [6.07, 6.45) is 4.81. The molecule has 1 atom stereocenters. The van der Waals surface area contributed by atoms with Gasteiger partial charge < -0.3 is 5.32 Å². The van der Waals surface area contributed by atoms with E-state index in [0.29, 0.717) is 6.04 Å². The normalized spacial score (nSPS) is 12.3. The number of benzene rings is 1. The lowest BCUT2D eigenvalue weighted by Gasteiger charge is -2.19. The quantitative estimate of drug-likeness (QED) is 0.867. The maximum atomic E-state index is 4.15. The van der Waals surface area contributed by atoms with Gasteiger partial charge in [-0.2, -0.15) is 0 Å². The van der Waals surface area contributed by atoms with Crippen molar-refractivity contribution in [2.45, 2.75) is 26.3 Å². The van der Waals surface area contributed by atoms with Crippen LogP contribution in [0.3, 0.4) is 0 Å². The van der Waals surface area contributed by atoms with Crippen LogP contribution in [-0.4, -0.2) is 11.5 Å². The highest BCUT2D eigenvalue weighted by molar-refractivity contribution is 5.26. The molecule has 0 spiro atoms. The monoisotopic (exact) mass is 240 g/mol. The van der Waals surface area contributed by atoms with Crippen molar-refractivity contribution in [2.75, 3.05) is 6.54 Å². The molecule has 1 heterocycles. The van der Waals surface area contributed by atoms with E-state index in [2.05, 4.69) is 60.5 Å². The summed E-state index contributed by atoms with van der Waals surface area (Å²) >= 11 is 0. The van der Waals surface area contributed by atoms with Crippen LogP contribution in [0.15, 0.2) is 48.8 Å². The van der Waals surface area contributed by atoms with Crippen LogP contribution in [0, 0.1) is 6.92 Å². The zero-order chi connectivity index (χ0) is 12.8. The van der Waals surface area contributed by atoms with E-state index < -0.39 is 0 Å². The van der Waals surface area contributed by atoms with Crippen LogP contribution in [0.2, 0.25) is 0 Å². The highest BCUT2D eigenvalue weighted by atomic mass is 14.9. The lowest BCUT2D eigenvalue weighted by atomic mass is 9.97. The van der Waals surface area contributed by atoms with Crippen molar-refractivity contribution in [3.05, 3.63) is 65.5 Å². The molecule has 0 aliphatic heterocycles. The summed E-state index contributed by atoms with van der Waals surface area (Å²) in [5, 5.41) is 3.55. The summed E-state index contributed by atoms with van der Waals surface area (Å²) in [4.78, 5) is 4.15. The van der Waals surface area contributed by atoms with Crippen LogP contribution in [0.1, 0.15) is 29.7 Å². The number of nitrogens with zero attached hydrogens (tertiary/aromatic N) is 1. The minimum absolute atomic E-state index is 0.373. The number of aryl methyl sites for hydroxylation is 1. The van der Waals surface area contributed by atoms with Crippen LogP contribution in [-0.2, 0) is 6.42 Å². The van der Waals surface area contributed by atoms with Crippen molar-refractivity contribution in [3.8, 4) is 0 Å². The first kappa shape index (κ1) is 12.8. The number of likely N-dealkylation sites (N-methyl/N-ethyl adjacent to an activating group) is 1. The van der Waals surface area contributed by atoms with Crippen molar-refractivity contribution < 1.29 is 0 Å². The van der Waals surface area contributed by atoms with Crippen LogP contribution >= 0.6 is 0 Å². The molecule has 1 N–H and O–H groups in total. The summed E-state index contributed by atoms with van der Waals surface area (Å²) in [6.45, 7) is 5.25. The molecule has 2 nitrogen and oxygen atoms in total. The van der Waals surface area contributed by atoms with Gasteiger partial charge >= 0.3 is 0 Å². The Balaban J connectivity index is 2.19. The predicted molar refractivity (Wildman–Crippen MR) is 75.5 cm³/mol. The SMILES string of the molecule is CCNC(Cc1ccncc1C)c1ccccc1. The van der Waals surface area contributed by atoms with Crippen molar-refractivity contribution in [1.29, 1.82) is 0 Å². The summed E-state index contributed by atoms with van der Waals surface area (Å²) < 4.78 is 0. The average molecular weight is 240 g/mol. The molecule has 0 saturated heterocycles. The third-order valence-corrected chi connectivity index (χ3v) is 3.21. The fourth-order valence-corrected chi connectivity index (χ4v) is 2.19. The molecule has 1 unspecified atom stereocenters. The van der Waals surface area contributed by atoms with Crippen molar-refractivity contribution >= 4 is 0 Å². The molecule has 0 fully saturated rings. The topological polar surface area (TPSA) is 24.9 Å². The zero-order valence-electron chi connectivity index (χ0n) is 11.1. The second kappa shape index (κ2) is 6.31. The Morgan fingerprint density at radius 2 is 1.94 bits per heavy atom. The van der Waals surface area contributed by atoms with E-state index in [1.807, 2.05) is 12.4 Å². The molecule has 2 heteroatoms. The molecule has 0 radical (unpaired) electrons. The Kier molecular flexibility index (Phi) is 4.48. The molecule has 1 aromatic carbocycles. The third kappa shape index (κ3) is 3.17. The Hall–Kier alpha value is -1.67. The Morgan fingerprint density at radius 3 is 2.61 bits per heavy atom. The van der Waals surface area contributed by atoms with Gasteiger partial charge in [0, 0.05) is 18.4 Å². The summed E-state index contributed by atoms with van der Waals surface area (Å²) in [6, 6.07) is 13.1. The fraction of sp³-hybridized carbons (Fsp3) is 0.312. The first-order chi connectivity index (χ1) is 8.81. The van der Waals surface area contributed by atoms with Crippen LogP contribution in [0.25, 0.3) is 0 Å². The summed E-state index contributed by atoms with van der Waals surface area (Å²) in [5.41, 5.74) is 3.96. The highest BCUT2D eigenvalue weighted by Crippen LogP contribution is 2.19. The van der Waals surface area contributed by atoms with Gasteiger partial charge in [0.1, 0.15) is 0 Å². The molecule has 0 amide bonds. The Bertz CT molecular complexity index is 479. The van der Waals surface area contributed by atoms with Gasteiger partial charge in [0.05, 0.1) is 0 Å².